The van der Waals surface area contributed by atoms with Gasteiger partial charge in [-0.15, -0.1) is 0 Å². The zero-order valence-corrected chi connectivity index (χ0v) is 13.7. The van der Waals surface area contributed by atoms with Crippen LogP contribution in [0.5, 0.6) is 0 Å². The van der Waals surface area contributed by atoms with E-state index in [-0.39, 0.29) is 5.82 Å². The predicted octanol–water partition coefficient (Wildman–Crippen LogP) is 4.49. The van der Waals surface area contributed by atoms with Crippen LogP contribution in [0.3, 0.4) is 0 Å². The lowest BCUT2D eigenvalue weighted by molar-refractivity contribution is 0.212. The Balaban J connectivity index is 2.06. The SMILES string of the molecule is CCO[Si](CCCCCCc1cccc(F)c1)OCC. The van der Waals surface area contributed by atoms with E-state index in [4.69, 9.17) is 8.85 Å². The van der Waals surface area contributed by atoms with Crippen molar-refractivity contribution in [3.63, 3.8) is 0 Å². The molecular weight excluding hydrogens is 271 g/mol. The highest BCUT2D eigenvalue weighted by molar-refractivity contribution is 6.44. The van der Waals surface area contributed by atoms with Crippen LogP contribution in [0.2, 0.25) is 6.04 Å². The fourth-order valence-corrected chi connectivity index (χ4v) is 3.71. The Kier molecular flexibility index (Phi) is 9.54. The lowest BCUT2D eigenvalue weighted by Crippen LogP contribution is -2.22. The first kappa shape index (κ1) is 17.3. The maximum absolute atomic E-state index is 13.0. The van der Waals surface area contributed by atoms with Crippen molar-refractivity contribution in [3.05, 3.63) is 35.6 Å². The summed E-state index contributed by atoms with van der Waals surface area (Å²) in [5, 5.41) is 0. The van der Waals surface area contributed by atoms with Crippen molar-refractivity contribution < 1.29 is 13.2 Å². The van der Waals surface area contributed by atoms with Crippen LogP contribution in [-0.2, 0) is 15.3 Å². The van der Waals surface area contributed by atoms with Crippen molar-refractivity contribution in [2.45, 2.75) is 52.0 Å². The molecule has 0 aromatic heterocycles. The molecule has 0 N–H and O–H groups in total. The Bertz CT molecular complexity index is 354. The van der Waals surface area contributed by atoms with Gasteiger partial charge in [0, 0.05) is 13.2 Å². The fraction of sp³-hybridized carbons (Fsp3) is 0.625. The molecule has 2 nitrogen and oxygen atoms in total. The molecule has 0 aliphatic heterocycles. The first-order chi connectivity index (χ1) is 9.76. The third-order valence-electron chi connectivity index (χ3n) is 3.10. The summed E-state index contributed by atoms with van der Waals surface area (Å²) in [7, 11) is -1.04. The molecule has 113 valence electrons. The third-order valence-corrected chi connectivity index (χ3v) is 5.08. The second-order valence-corrected chi connectivity index (χ2v) is 6.60. The zero-order chi connectivity index (χ0) is 14.6. The summed E-state index contributed by atoms with van der Waals surface area (Å²) >= 11 is 0. The van der Waals surface area contributed by atoms with Crippen LogP contribution in [0.25, 0.3) is 0 Å². The number of benzene rings is 1. The van der Waals surface area contributed by atoms with Gasteiger partial charge in [-0.05, 0) is 50.4 Å². The smallest absolute Gasteiger partial charge is 0.384 e. The summed E-state index contributed by atoms with van der Waals surface area (Å²) in [6, 6.07) is 7.96. The maximum Gasteiger partial charge on any atom is 0.384 e. The van der Waals surface area contributed by atoms with Gasteiger partial charge in [0.2, 0.25) is 0 Å². The molecule has 20 heavy (non-hydrogen) atoms. The summed E-state index contributed by atoms with van der Waals surface area (Å²) in [5.41, 5.74) is 1.10. The molecule has 0 spiro atoms. The van der Waals surface area contributed by atoms with Crippen LogP contribution in [0, 0.1) is 5.82 Å². The van der Waals surface area contributed by atoms with Gasteiger partial charge in [0.15, 0.2) is 0 Å². The van der Waals surface area contributed by atoms with E-state index in [2.05, 4.69) is 0 Å². The Morgan fingerprint density at radius 2 is 1.70 bits per heavy atom. The van der Waals surface area contributed by atoms with Gasteiger partial charge in [0.05, 0.1) is 0 Å². The lowest BCUT2D eigenvalue weighted by atomic mass is 10.1. The van der Waals surface area contributed by atoms with E-state index in [1.165, 1.54) is 18.9 Å². The van der Waals surface area contributed by atoms with Gasteiger partial charge in [-0.3, -0.25) is 0 Å². The molecule has 1 aromatic carbocycles. The van der Waals surface area contributed by atoms with Crippen molar-refractivity contribution in [2.75, 3.05) is 13.2 Å². The number of unbranched alkanes of at least 4 members (excludes halogenated alkanes) is 3. The number of aryl methyl sites for hydroxylation is 1. The van der Waals surface area contributed by atoms with Gasteiger partial charge >= 0.3 is 9.28 Å². The molecule has 0 unspecified atom stereocenters. The quantitative estimate of drug-likeness (QED) is 0.442. The molecule has 0 saturated carbocycles. The number of halogens is 1. The van der Waals surface area contributed by atoms with E-state index >= 15 is 0 Å². The van der Waals surface area contributed by atoms with Crippen LogP contribution < -0.4 is 0 Å². The molecule has 1 radical (unpaired) electrons. The van der Waals surface area contributed by atoms with Crippen molar-refractivity contribution in [2.24, 2.45) is 0 Å². The second kappa shape index (κ2) is 11.0. The minimum absolute atomic E-state index is 0.136. The van der Waals surface area contributed by atoms with Crippen molar-refractivity contribution in [1.29, 1.82) is 0 Å². The van der Waals surface area contributed by atoms with Crippen LogP contribution in [-0.4, -0.2) is 22.5 Å². The molecule has 1 aromatic rings. The van der Waals surface area contributed by atoms with Crippen LogP contribution in [0.15, 0.2) is 24.3 Å². The van der Waals surface area contributed by atoms with Gasteiger partial charge in [0.1, 0.15) is 5.82 Å². The van der Waals surface area contributed by atoms with Gasteiger partial charge in [-0.1, -0.05) is 31.4 Å². The fourth-order valence-electron chi connectivity index (χ4n) is 2.15. The number of rotatable bonds is 11. The van der Waals surface area contributed by atoms with E-state index in [1.807, 2.05) is 19.9 Å². The highest BCUT2D eigenvalue weighted by Crippen LogP contribution is 2.12. The average molecular weight is 297 g/mol. The first-order valence-electron chi connectivity index (χ1n) is 7.62. The molecule has 0 heterocycles. The summed E-state index contributed by atoms with van der Waals surface area (Å²) < 4.78 is 24.2. The van der Waals surface area contributed by atoms with E-state index in [0.717, 1.165) is 44.1 Å². The minimum atomic E-state index is -1.04. The number of hydrogen-bond donors (Lipinski definition) is 0. The Labute approximate surface area is 124 Å². The minimum Gasteiger partial charge on any atom is -0.394 e. The van der Waals surface area contributed by atoms with Crippen molar-refractivity contribution in [1.82, 2.24) is 0 Å². The molecule has 0 atom stereocenters. The van der Waals surface area contributed by atoms with Gasteiger partial charge < -0.3 is 8.85 Å². The van der Waals surface area contributed by atoms with Crippen LogP contribution >= 0.6 is 0 Å². The summed E-state index contributed by atoms with van der Waals surface area (Å²) in [4.78, 5) is 0. The molecule has 0 aliphatic rings. The molecule has 1 rings (SSSR count). The summed E-state index contributed by atoms with van der Waals surface area (Å²) in [5.74, 6) is -0.136. The second-order valence-electron chi connectivity index (χ2n) is 4.78. The molecule has 0 amide bonds. The Hall–Kier alpha value is -0.713. The maximum atomic E-state index is 13.0. The normalized spacial score (nSPS) is 11.2. The first-order valence-corrected chi connectivity index (χ1v) is 9.14. The van der Waals surface area contributed by atoms with Crippen molar-refractivity contribution >= 4 is 9.28 Å². The summed E-state index contributed by atoms with van der Waals surface area (Å²) in [6.45, 7) is 5.52. The highest BCUT2D eigenvalue weighted by Gasteiger charge is 2.13. The largest absolute Gasteiger partial charge is 0.394 e. The van der Waals surface area contributed by atoms with E-state index in [0.29, 0.717) is 0 Å². The van der Waals surface area contributed by atoms with Crippen LogP contribution in [0.1, 0.15) is 45.1 Å². The zero-order valence-electron chi connectivity index (χ0n) is 12.7. The van der Waals surface area contributed by atoms with E-state index in [9.17, 15) is 4.39 Å². The topological polar surface area (TPSA) is 18.5 Å². The Morgan fingerprint density at radius 1 is 1.00 bits per heavy atom. The molecule has 0 bridgehead atoms. The summed E-state index contributed by atoms with van der Waals surface area (Å²) in [6.07, 6.45) is 5.63. The standard InChI is InChI=1S/C16H26FO2Si/c1-3-18-20(19-4-2)13-8-6-5-7-10-15-11-9-12-16(17)14-15/h9,11-12,14H,3-8,10,13H2,1-2H3. The Morgan fingerprint density at radius 3 is 2.35 bits per heavy atom. The molecule has 0 saturated heterocycles. The molecular formula is C16H26FO2Si. The van der Waals surface area contributed by atoms with Crippen molar-refractivity contribution in [3.8, 4) is 0 Å². The van der Waals surface area contributed by atoms with Gasteiger partial charge in [-0.25, -0.2) is 4.39 Å². The van der Waals surface area contributed by atoms with E-state index < -0.39 is 9.28 Å². The highest BCUT2D eigenvalue weighted by atomic mass is 28.3. The van der Waals surface area contributed by atoms with Gasteiger partial charge in [-0.2, -0.15) is 0 Å². The van der Waals surface area contributed by atoms with E-state index in [1.54, 1.807) is 12.1 Å². The molecule has 0 aliphatic carbocycles. The monoisotopic (exact) mass is 297 g/mol. The molecule has 0 fully saturated rings. The lowest BCUT2D eigenvalue weighted by Gasteiger charge is -2.12. The molecule has 4 heteroatoms. The van der Waals surface area contributed by atoms with Gasteiger partial charge in [0.25, 0.3) is 0 Å². The predicted molar refractivity (Wildman–Crippen MR) is 82.4 cm³/mol. The average Bonchev–Trinajstić information content (AvgIpc) is 2.43. The van der Waals surface area contributed by atoms with Crippen LogP contribution in [0.4, 0.5) is 4.39 Å². The third kappa shape index (κ3) is 7.77. The number of hydrogen-bond acceptors (Lipinski definition) is 2.